The largest absolute Gasteiger partial charge is 0.444 e. The van der Waals surface area contributed by atoms with Crippen LogP contribution in [0.5, 0.6) is 0 Å². The van der Waals surface area contributed by atoms with E-state index in [0.29, 0.717) is 12.6 Å². The third kappa shape index (κ3) is 3.07. The molecule has 1 aromatic rings. The van der Waals surface area contributed by atoms with Crippen molar-refractivity contribution in [2.75, 3.05) is 0 Å². The van der Waals surface area contributed by atoms with Crippen molar-refractivity contribution in [2.24, 2.45) is 11.8 Å². The van der Waals surface area contributed by atoms with Gasteiger partial charge in [-0.05, 0) is 36.7 Å². The van der Waals surface area contributed by atoms with E-state index in [1.165, 1.54) is 25.7 Å². The summed E-state index contributed by atoms with van der Waals surface area (Å²) in [5.74, 6) is 1.60. The zero-order valence-corrected chi connectivity index (χ0v) is 11.0. The van der Waals surface area contributed by atoms with Gasteiger partial charge in [0.1, 0.15) is 6.61 Å². The van der Waals surface area contributed by atoms with Crippen LogP contribution in [-0.2, 0) is 11.3 Å². The number of benzene rings is 1. The zero-order valence-electron chi connectivity index (χ0n) is 11.0. The molecular weight excluding hydrogens is 240 g/mol. The summed E-state index contributed by atoms with van der Waals surface area (Å²) in [5.41, 5.74) is 6.79. The molecule has 0 spiro atoms. The molecule has 1 amide bonds. The van der Waals surface area contributed by atoms with Crippen molar-refractivity contribution in [3.8, 4) is 0 Å². The third-order valence-corrected chi connectivity index (χ3v) is 4.31. The summed E-state index contributed by atoms with van der Waals surface area (Å²) in [6.07, 6.45) is 4.76. The molecule has 102 valence electrons. The Morgan fingerprint density at radius 3 is 2.74 bits per heavy atom. The summed E-state index contributed by atoms with van der Waals surface area (Å²) in [4.78, 5) is 11.6. The van der Waals surface area contributed by atoms with Crippen LogP contribution in [0, 0.1) is 11.8 Å². The highest BCUT2D eigenvalue weighted by atomic mass is 16.6. The molecule has 2 aliphatic rings. The van der Waals surface area contributed by atoms with Crippen LogP contribution < -0.4 is 10.9 Å². The lowest BCUT2D eigenvalue weighted by Crippen LogP contribution is -2.46. The van der Waals surface area contributed by atoms with E-state index in [2.05, 4.69) is 10.9 Å². The molecule has 0 radical (unpaired) electrons. The standard InChI is InChI=1S/C15H20N2O2/c18-15(19-10-11-4-2-1-3-5-11)17-16-14-9-12-6-7-13(14)8-12/h1-5,12-14,16H,6-10H2,(H,17,18). The van der Waals surface area contributed by atoms with E-state index in [0.717, 1.165) is 17.4 Å². The Hall–Kier alpha value is -1.55. The first kappa shape index (κ1) is 12.5. The van der Waals surface area contributed by atoms with E-state index in [9.17, 15) is 4.79 Å². The quantitative estimate of drug-likeness (QED) is 0.818. The van der Waals surface area contributed by atoms with Gasteiger partial charge in [-0.15, -0.1) is 0 Å². The van der Waals surface area contributed by atoms with Crippen LogP contribution in [-0.4, -0.2) is 12.1 Å². The van der Waals surface area contributed by atoms with Crippen molar-refractivity contribution >= 4 is 6.09 Å². The molecule has 4 nitrogen and oxygen atoms in total. The van der Waals surface area contributed by atoms with Crippen LogP contribution in [0.1, 0.15) is 31.2 Å². The lowest BCUT2D eigenvalue weighted by Gasteiger charge is -2.22. The molecule has 2 bridgehead atoms. The van der Waals surface area contributed by atoms with Crippen molar-refractivity contribution in [3.05, 3.63) is 35.9 Å². The molecule has 19 heavy (non-hydrogen) atoms. The number of nitrogens with one attached hydrogen (secondary N) is 2. The number of carbonyl (C=O) groups excluding carboxylic acids is 1. The summed E-state index contributed by atoms with van der Waals surface area (Å²) in [5, 5.41) is 0. The van der Waals surface area contributed by atoms with E-state index in [1.807, 2.05) is 30.3 Å². The fraction of sp³-hybridized carbons (Fsp3) is 0.533. The van der Waals surface area contributed by atoms with Gasteiger partial charge in [0.25, 0.3) is 0 Å². The van der Waals surface area contributed by atoms with Gasteiger partial charge in [0.05, 0.1) is 0 Å². The maximum atomic E-state index is 11.6. The average molecular weight is 260 g/mol. The second kappa shape index (κ2) is 5.61. The number of fused-ring (bicyclic) bond motifs is 2. The minimum Gasteiger partial charge on any atom is -0.444 e. The van der Waals surface area contributed by atoms with Crippen molar-refractivity contribution in [3.63, 3.8) is 0 Å². The Labute approximate surface area is 113 Å². The molecule has 2 aliphatic carbocycles. The number of hydrogen-bond acceptors (Lipinski definition) is 3. The van der Waals surface area contributed by atoms with Gasteiger partial charge in [-0.25, -0.2) is 10.2 Å². The Morgan fingerprint density at radius 1 is 1.21 bits per heavy atom. The second-order valence-corrected chi connectivity index (χ2v) is 5.61. The minimum atomic E-state index is -0.397. The zero-order chi connectivity index (χ0) is 13.1. The molecular formula is C15H20N2O2. The lowest BCUT2D eigenvalue weighted by molar-refractivity contribution is 0.130. The highest BCUT2D eigenvalue weighted by Crippen LogP contribution is 2.44. The molecule has 0 saturated heterocycles. The highest BCUT2D eigenvalue weighted by molar-refractivity contribution is 5.66. The Kier molecular flexibility index (Phi) is 3.69. The van der Waals surface area contributed by atoms with Gasteiger partial charge < -0.3 is 4.74 Å². The predicted molar refractivity (Wildman–Crippen MR) is 72.1 cm³/mol. The van der Waals surface area contributed by atoms with Gasteiger partial charge in [-0.2, -0.15) is 0 Å². The maximum absolute atomic E-state index is 11.6. The van der Waals surface area contributed by atoms with E-state index in [-0.39, 0.29) is 0 Å². The third-order valence-electron chi connectivity index (χ3n) is 4.31. The van der Waals surface area contributed by atoms with E-state index in [4.69, 9.17) is 4.74 Å². The average Bonchev–Trinajstić information content (AvgIpc) is 3.06. The molecule has 4 heteroatoms. The van der Waals surface area contributed by atoms with Gasteiger partial charge in [0.2, 0.25) is 0 Å². The molecule has 3 unspecified atom stereocenters. The summed E-state index contributed by atoms with van der Waals surface area (Å²) in [7, 11) is 0. The normalized spacial score (nSPS) is 28.3. The van der Waals surface area contributed by atoms with Crippen molar-refractivity contribution in [1.82, 2.24) is 10.9 Å². The SMILES string of the molecule is O=C(NNC1CC2CCC1C2)OCc1ccccc1. The fourth-order valence-corrected chi connectivity index (χ4v) is 3.33. The van der Waals surface area contributed by atoms with Crippen molar-refractivity contribution in [2.45, 2.75) is 38.3 Å². The summed E-state index contributed by atoms with van der Waals surface area (Å²) in [6, 6.07) is 10.1. The lowest BCUT2D eigenvalue weighted by atomic mass is 9.96. The molecule has 0 aromatic heterocycles. The Balaban J connectivity index is 1.38. The first-order chi connectivity index (χ1) is 9.31. The number of hydrogen-bond donors (Lipinski definition) is 2. The van der Waals surface area contributed by atoms with E-state index in [1.54, 1.807) is 0 Å². The highest BCUT2D eigenvalue weighted by Gasteiger charge is 2.39. The Bertz CT molecular complexity index is 435. The molecule has 0 aliphatic heterocycles. The molecule has 3 rings (SSSR count). The van der Waals surface area contributed by atoms with Crippen LogP contribution in [0.15, 0.2) is 30.3 Å². The summed E-state index contributed by atoms with van der Waals surface area (Å²) in [6.45, 7) is 0.311. The van der Waals surface area contributed by atoms with Crippen molar-refractivity contribution < 1.29 is 9.53 Å². The van der Waals surface area contributed by atoms with Gasteiger partial charge in [-0.3, -0.25) is 5.43 Å². The van der Waals surface area contributed by atoms with Gasteiger partial charge in [0, 0.05) is 6.04 Å². The van der Waals surface area contributed by atoms with Crippen molar-refractivity contribution in [1.29, 1.82) is 0 Å². The second-order valence-electron chi connectivity index (χ2n) is 5.61. The van der Waals surface area contributed by atoms with Crippen LogP contribution in [0.4, 0.5) is 4.79 Å². The molecule has 1 aromatic carbocycles. The number of ether oxygens (including phenoxy) is 1. The predicted octanol–water partition coefficient (Wildman–Crippen LogP) is 2.61. The van der Waals surface area contributed by atoms with Gasteiger partial charge in [-0.1, -0.05) is 36.8 Å². The topological polar surface area (TPSA) is 50.4 Å². The smallest absolute Gasteiger partial charge is 0.421 e. The first-order valence-electron chi connectivity index (χ1n) is 7.03. The fourth-order valence-electron chi connectivity index (χ4n) is 3.33. The van der Waals surface area contributed by atoms with Gasteiger partial charge in [0.15, 0.2) is 0 Å². The first-order valence-corrected chi connectivity index (χ1v) is 7.03. The van der Waals surface area contributed by atoms with Crippen LogP contribution in [0.25, 0.3) is 0 Å². The molecule has 2 saturated carbocycles. The maximum Gasteiger partial charge on any atom is 0.421 e. The van der Waals surface area contributed by atoms with E-state index >= 15 is 0 Å². The van der Waals surface area contributed by atoms with E-state index < -0.39 is 6.09 Å². The van der Waals surface area contributed by atoms with Crippen LogP contribution in [0.3, 0.4) is 0 Å². The molecule has 2 fully saturated rings. The molecule has 3 atom stereocenters. The number of hydrazine groups is 1. The number of carbonyl (C=O) groups is 1. The number of amides is 1. The van der Waals surface area contributed by atoms with Gasteiger partial charge >= 0.3 is 6.09 Å². The summed E-state index contributed by atoms with van der Waals surface area (Å²) < 4.78 is 5.16. The monoisotopic (exact) mass is 260 g/mol. The number of rotatable bonds is 4. The van der Waals surface area contributed by atoms with Crippen LogP contribution in [0.2, 0.25) is 0 Å². The minimum absolute atomic E-state index is 0.311. The molecule has 2 N–H and O–H groups in total. The molecule has 0 heterocycles. The van der Waals surface area contributed by atoms with Crippen LogP contribution >= 0.6 is 0 Å². The Morgan fingerprint density at radius 2 is 2.05 bits per heavy atom. The summed E-state index contributed by atoms with van der Waals surface area (Å²) >= 11 is 0.